The van der Waals surface area contributed by atoms with Crippen LogP contribution in [0.5, 0.6) is 0 Å². The Morgan fingerprint density at radius 2 is 1.95 bits per heavy atom. The number of oxazole rings is 1. The van der Waals surface area contributed by atoms with Crippen molar-refractivity contribution < 1.29 is 17.6 Å². The number of benzene rings is 1. The van der Waals surface area contributed by atoms with Gasteiger partial charge in [-0.15, -0.1) is 0 Å². The van der Waals surface area contributed by atoms with Gasteiger partial charge in [-0.3, -0.25) is 0 Å². The van der Waals surface area contributed by atoms with Crippen LogP contribution in [0.25, 0.3) is 11.1 Å². The number of fused-ring (bicyclic) bond motifs is 1. The van der Waals surface area contributed by atoms with E-state index in [1.165, 1.54) is 0 Å². The number of anilines is 1. The van der Waals surface area contributed by atoms with Gasteiger partial charge in [-0.25, -0.2) is 15.0 Å². The molecule has 0 radical (unpaired) electrons. The lowest BCUT2D eigenvalue weighted by atomic mass is 10.3. The summed E-state index contributed by atoms with van der Waals surface area (Å²) in [6, 6.07) is 5.70. The summed E-state index contributed by atoms with van der Waals surface area (Å²) in [6.45, 7) is 0. The molecule has 2 N–H and O–H groups in total. The highest BCUT2D eigenvalue weighted by molar-refractivity contribution is 7.98. The Balaban J connectivity index is 1.91. The Morgan fingerprint density at radius 3 is 2.71 bits per heavy atom. The molecule has 5 nitrogen and oxygen atoms in total. The van der Waals surface area contributed by atoms with Gasteiger partial charge in [-0.05, 0) is 18.2 Å². The van der Waals surface area contributed by atoms with Crippen LogP contribution in [-0.2, 0) is 6.18 Å². The topological polar surface area (TPSA) is 77.8 Å². The summed E-state index contributed by atoms with van der Waals surface area (Å²) in [5.41, 5.74) is 6.10. The zero-order chi connectivity index (χ0) is 15.0. The van der Waals surface area contributed by atoms with Gasteiger partial charge in [0.05, 0.1) is 0 Å². The van der Waals surface area contributed by atoms with E-state index in [1.54, 1.807) is 18.2 Å². The highest BCUT2D eigenvalue weighted by Gasteiger charge is 2.32. The van der Waals surface area contributed by atoms with E-state index in [0.29, 0.717) is 16.8 Å². The fourth-order valence-corrected chi connectivity index (χ4v) is 2.28. The van der Waals surface area contributed by atoms with Gasteiger partial charge in [0, 0.05) is 29.7 Å². The van der Waals surface area contributed by atoms with Crippen molar-refractivity contribution in [2.24, 2.45) is 0 Å². The number of nitrogens with zero attached hydrogens (tertiary/aromatic N) is 3. The van der Waals surface area contributed by atoms with E-state index >= 15 is 0 Å². The van der Waals surface area contributed by atoms with Crippen LogP contribution in [0.2, 0.25) is 0 Å². The molecule has 0 bridgehead atoms. The van der Waals surface area contributed by atoms with Crippen LogP contribution in [0.4, 0.5) is 18.9 Å². The molecule has 9 heteroatoms. The average Bonchev–Trinajstić information content (AvgIpc) is 2.79. The second-order valence-electron chi connectivity index (χ2n) is 4.03. The van der Waals surface area contributed by atoms with Crippen molar-refractivity contribution in [2.45, 2.75) is 16.6 Å². The summed E-state index contributed by atoms with van der Waals surface area (Å²) in [6.07, 6.45) is -3.48. The third kappa shape index (κ3) is 2.92. The molecule has 0 unspecified atom stereocenters. The number of nitrogens with two attached hydrogens (primary N) is 1. The molecule has 3 rings (SSSR count). The summed E-state index contributed by atoms with van der Waals surface area (Å²) < 4.78 is 43.1. The summed E-state index contributed by atoms with van der Waals surface area (Å²) >= 11 is 0.809. The van der Waals surface area contributed by atoms with Crippen LogP contribution in [0, 0.1) is 0 Å². The number of nitrogen functional groups attached to an aromatic ring is 1. The molecule has 0 atom stereocenters. The van der Waals surface area contributed by atoms with Gasteiger partial charge in [-0.2, -0.15) is 13.2 Å². The number of halogens is 3. The van der Waals surface area contributed by atoms with Crippen LogP contribution in [0.1, 0.15) is 5.69 Å². The Hall–Kier alpha value is -2.29. The van der Waals surface area contributed by atoms with E-state index in [-0.39, 0.29) is 10.4 Å². The Labute approximate surface area is 120 Å². The van der Waals surface area contributed by atoms with Crippen molar-refractivity contribution in [1.29, 1.82) is 0 Å². The number of rotatable bonds is 2. The smallest absolute Gasteiger partial charge is 0.431 e. The minimum atomic E-state index is -4.52. The van der Waals surface area contributed by atoms with E-state index in [0.717, 1.165) is 24.0 Å². The lowest BCUT2D eigenvalue weighted by Crippen LogP contribution is -2.08. The molecule has 3 aromatic rings. The fourth-order valence-electron chi connectivity index (χ4n) is 1.59. The van der Waals surface area contributed by atoms with E-state index < -0.39 is 11.9 Å². The second kappa shape index (κ2) is 4.92. The minimum absolute atomic E-state index is 0.0932. The molecule has 0 aliphatic carbocycles. The number of alkyl halides is 3. The molecule has 1 aromatic carbocycles. The molecular weight excluding hydrogens is 305 g/mol. The predicted molar refractivity (Wildman–Crippen MR) is 69.6 cm³/mol. The van der Waals surface area contributed by atoms with Crippen molar-refractivity contribution in [3.63, 3.8) is 0 Å². The van der Waals surface area contributed by atoms with Gasteiger partial charge in [0.2, 0.25) is 0 Å². The molecule has 21 heavy (non-hydrogen) atoms. The Kier molecular flexibility index (Phi) is 3.20. The highest BCUT2D eigenvalue weighted by atomic mass is 32.2. The van der Waals surface area contributed by atoms with Crippen LogP contribution < -0.4 is 5.73 Å². The second-order valence-corrected chi connectivity index (χ2v) is 4.95. The molecule has 0 saturated heterocycles. The first-order valence-electron chi connectivity index (χ1n) is 5.66. The van der Waals surface area contributed by atoms with Crippen LogP contribution in [0.15, 0.2) is 45.3 Å². The van der Waals surface area contributed by atoms with Crippen LogP contribution >= 0.6 is 11.8 Å². The van der Waals surface area contributed by atoms with Crippen LogP contribution in [-0.4, -0.2) is 15.0 Å². The van der Waals surface area contributed by atoms with Crippen molar-refractivity contribution in [1.82, 2.24) is 15.0 Å². The molecular formula is C12H7F3N4OS. The van der Waals surface area contributed by atoms with Crippen molar-refractivity contribution in [2.75, 3.05) is 5.73 Å². The number of hydrogen-bond acceptors (Lipinski definition) is 6. The third-order valence-corrected chi connectivity index (χ3v) is 3.22. The number of hydrogen-bond donors (Lipinski definition) is 1. The minimum Gasteiger partial charge on any atom is -0.431 e. The number of aromatic nitrogens is 3. The molecule has 2 aromatic heterocycles. The maximum atomic E-state index is 12.6. The van der Waals surface area contributed by atoms with E-state index in [2.05, 4.69) is 15.0 Å². The third-order valence-electron chi connectivity index (χ3n) is 2.50. The maximum Gasteiger partial charge on any atom is 0.433 e. The molecule has 0 amide bonds. The lowest BCUT2D eigenvalue weighted by molar-refractivity contribution is -0.141. The van der Waals surface area contributed by atoms with Gasteiger partial charge in [0.1, 0.15) is 11.2 Å². The maximum absolute atomic E-state index is 12.6. The normalized spacial score (nSPS) is 12.0. The highest BCUT2D eigenvalue weighted by Crippen LogP contribution is 2.31. The average molecular weight is 312 g/mol. The summed E-state index contributed by atoms with van der Waals surface area (Å²) in [5.74, 6) is 0. The SMILES string of the molecule is Nc1ccc2nc(Sc3nccc(C(F)(F)F)n3)oc2c1. The fraction of sp³-hybridized carbons (Fsp3) is 0.0833. The standard InChI is InChI=1S/C12H7F3N4OS/c13-12(14,15)9-3-4-17-10(19-9)21-11-18-7-2-1-6(16)5-8(7)20-11/h1-5H,16H2. The molecule has 2 heterocycles. The molecule has 108 valence electrons. The van der Waals surface area contributed by atoms with Crippen molar-refractivity contribution in [3.8, 4) is 0 Å². The monoisotopic (exact) mass is 312 g/mol. The van der Waals surface area contributed by atoms with Crippen LogP contribution in [0.3, 0.4) is 0 Å². The first kappa shape index (κ1) is 13.7. The molecule has 0 spiro atoms. The van der Waals surface area contributed by atoms with Gasteiger partial charge >= 0.3 is 6.18 Å². The van der Waals surface area contributed by atoms with Gasteiger partial charge in [0.25, 0.3) is 5.22 Å². The first-order chi connectivity index (χ1) is 9.91. The van der Waals surface area contributed by atoms with Gasteiger partial charge in [-0.1, -0.05) is 0 Å². The van der Waals surface area contributed by atoms with E-state index in [1.807, 2.05) is 0 Å². The Morgan fingerprint density at radius 1 is 1.14 bits per heavy atom. The summed E-state index contributed by atoms with van der Waals surface area (Å²) in [7, 11) is 0. The van der Waals surface area contributed by atoms with E-state index in [9.17, 15) is 13.2 Å². The zero-order valence-electron chi connectivity index (χ0n) is 10.3. The largest absolute Gasteiger partial charge is 0.433 e. The Bertz CT molecular complexity index is 803. The van der Waals surface area contributed by atoms with E-state index in [4.69, 9.17) is 10.2 Å². The van der Waals surface area contributed by atoms with Gasteiger partial charge < -0.3 is 10.2 Å². The zero-order valence-corrected chi connectivity index (χ0v) is 11.1. The lowest BCUT2D eigenvalue weighted by Gasteiger charge is -2.05. The predicted octanol–water partition coefficient (Wildman–Crippen LogP) is 3.37. The van der Waals surface area contributed by atoms with Gasteiger partial charge in [0.15, 0.2) is 10.7 Å². The quantitative estimate of drug-likeness (QED) is 0.577. The first-order valence-corrected chi connectivity index (χ1v) is 6.47. The molecule has 0 fully saturated rings. The van der Waals surface area contributed by atoms with Crippen molar-refractivity contribution in [3.05, 3.63) is 36.2 Å². The van der Waals surface area contributed by atoms with Crippen molar-refractivity contribution >= 4 is 28.5 Å². The summed E-state index contributed by atoms with van der Waals surface area (Å²) in [4.78, 5) is 11.3. The molecule has 0 saturated carbocycles. The molecule has 0 aliphatic heterocycles. The molecule has 0 aliphatic rings. The summed E-state index contributed by atoms with van der Waals surface area (Å²) in [5, 5.41) is 0.0549.